The summed E-state index contributed by atoms with van der Waals surface area (Å²) in [5.74, 6) is -0.0110. The molecule has 0 aromatic heterocycles. The zero-order chi connectivity index (χ0) is 14.5. The fraction of sp³-hybridized carbons (Fsp3) is 0.533. The first-order chi connectivity index (χ1) is 9.61. The van der Waals surface area contributed by atoms with E-state index >= 15 is 0 Å². The number of likely N-dealkylation sites (tertiary alicyclic amines) is 1. The third-order valence-electron chi connectivity index (χ3n) is 3.61. The summed E-state index contributed by atoms with van der Waals surface area (Å²) in [7, 11) is 0. The maximum absolute atomic E-state index is 12.4. The van der Waals surface area contributed by atoms with Crippen molar-refractivity contribution < 1.29 is 14.6 Å². The number of rotatable bonds is 4. The van der Waals surface area contributed by atoms with Gasteiger partial charge in [-0.25, -0.2) is 0 Å². The van der Waals surface area contributed by atoms with Gasteiger partial charge in [0.2, 0.25) is 0 Å². The van der Waals surface area contributed by atoms with Crippen LogP contribution in [-0.4, -0.2) is 48.3 Å². The topological polar surface area (TPSA) is 75.8 Å². The Hall–Kier alpha value is -1.59. The van der Waals surface area contributed by atoms with Gasteiger partial charge >= 0.3 is 0 Å². The molecule has 2 rings (SSSR count). The average molecular weight is 278 g/mol. The highest BCUT2D eigenvalue weighted by molar-refractivity contribution is 5.99. The third-order valence-corrected chi connectivity index (χ3v) is 3.61. The number of carbonyl (C=O) groups is 1. The van der Waals surface area contributed by atoms with E-state index in [-0.39, 0.29) is 18.6 Å². The Labute approximate surface area is 119 Å². The highest BCUT2D eigenvalue weighted by Crippen LogP contribution is 2.20. The van der Waals surface area contributed by atoms with Gasteiger partial charge < -0.3 is 20.5 Å². The molecule has 1 aliphatic heterocycles. The first-order valence-corrected chi connectivity index (χ1v) is 6.99. The summed E-state index contributed by atoms with van der Waals surface area (Å²) in [6, 6.07) is 5.52. The molecule has 0 aliphatic carbocycles. The number of aliphatic hydroxyl groups excluding tert-OH is 1. The van der Waals surface area contributed by atoms with E-state index in [1.807, 2.05) is 24.0 Å². The Balaban J connectivity index is 1.94. The van der Waals surface area contributed by atoms with E-state index in [0.717, 1.165) is 18.4 Å². The molecule has 1 aromatic carbocycles. The molecular formula is C15H22N2O3. The van der Waals surface area contributed by atoms with E-state index in [0.29, 0.717) is 30.9 Å². The molecule has 1 heterocycles. The van der Waals surface area contributed by atoms with Crippen molar-refractivity contribution in [2.45, 2.75) is 25.9 Å². The largest absolute Gasteiger partial charge is 0.398 e. The molecule has 5 nitrogen and oxygen atoms in total. The van der Waals surface area contributed by atoms with E-state index in [2.05, 4.69) is 0 Å². The Morgan fingerprint density at radius 1 is 1.45 bits per heavy atom. The number of anilines is 1. The number of piperidine rings is 1. The number of amides is 1. The second kappa shape index (κ2) is 6.72. The molecule has 5 heteroatoms. The number of ether oxygens (including phenoxy) is 1. The van der Waals surface area contributed by atoms with Crippen LogP contribution < -0.4 is 5.73 Å². The predicted octanol–water partition coefficient (Wildman–Crippen LogP) is 1.19. The fourth-order valence-corrected chi connectivity index (χ4v) is 2.49. The van der Waals surface area contributed by atoms with E-state index in [9.17, 15) is 4.79 Å². The van der Waals surface area contributed by atoms with Gasteiger partial charge in [0.25, 0.3) is 5.91 Å². The SMILES string of the molecule is Cc1ccc(C(=O)N2CCC(OCCO)CC2)c(N)c1. The Morgan fingerprint density at radius 2 is 2.15 bits per heavy atom. The highest BCUT2D eigenvalue weighted by atomic mass is 16.5. The number of nitrogens with two attached hydrogens (primary N) is 1. The van der Waals surface area contributed by atoms with Crippen LogP contribution in [0.2, 0.25) is 0 Å². The van der Waals surface area contributed by atoms with Crippen LogP contribution in [0.4, 0.5) is 5.69 Å². The Kier molecular flexibility index (Phi) is 4.98. The zero-order valence-corrected chi connectivity index (χ0v) is 11.8. The molecule has 1 aliphatic rings. The lowest BCUT2D eigenvalue weighted by molar-refractivity contribution is -0.00552. The monoisotopic (exact) mass is 278 g/mol. The fourth-order valence-electron chi connectivity index (χ4n) is 2.49. The van der Waals surface area contributed by atoms with Crippen molar-refractivity contribution in [1.82, 2.24) is 4.90 Å². The van der Waals surface area contributed by atoms with E-state index in [1.165, 1.54) is 0 Å². The van der Waals surface area contributed by atoms with Gasteiger partial charge in [0.05, 0.1) is 24.9 Å². The minimum absolute atomic E-state index is 0.0110. The number of hydrogen-bond donors (Lipinski definition) is 2. The second-order valence-corrected chi connectivity index (χ2v) is 5.18. The number of carbonyl (C=O) groups excluding carboxylic acids is 1. The molecule has 110 valence electrons. The normalized spacial score (nSPS) is 16.4. The zero-order valence-electron chi connectivity index (χ0n) is 11.8. The van der Waals surface area contributed by atoms with Gasteiger partial charge in [0.1, 0.15) is 0 Å². The van der Waals surface area contributed by atoms with Gasteiger partial charge in [-0.15, -0.1) is 0 Å². The molecule has 20 heavy (non-hydrogen) atoms. The molecule has 0 bridgehead atoms. The third kappa shape index (κ3) is 3.49. The number of nitrogen functional groups attached to an aromatic ring is 1. The number of hydrogen-bond acceptors (Lipinski definition) is 4. The average Bonchev–Trinajstić information content (AvgIpc) is 2.45. The van der Waals surface area contributed by atoms with Crippen molar-refractivity contribution in [1.29, 1.82) is 0 Å². The molecule has 0 radical (unpaired) electrons. The predicted molar refractivity (Wildman–Crippen MR) is 77.6 cm³/mol. The molecule has 1 aromatic rings. The maximum Gasteiger partial charge on any atom is 0.255 e. The van der Waals surface area contributed by atoms with Gasteiger partial charge in [0.15, 0.2) is 0 Å². The summed E-state index contributed by atoms with van der Waals surface area (Å²) >= 11 is 0. The number of aliphatic hydroxyl groups is 1. The quantitative estimate of drug-likeness (QED) is 0.811. The lowest BCUT2D eigenvalue weighted by Gasteiger charge is -2.32. The van der Waals surface area contributed by atoms with Crippen molar-refractivity contribution in [2.24, 2.45) is 0 Å². The van der Waals surface area contributed by atoms with Gasteiger partial charge in [-0.2, -0.15) is 0 Å². The van der Waals surface area contributed by atoms with Gasteiger partial charge in [-0.1, -0.05) is 6.07 Å². The van der Waals surface area contributed by atoms with Crippen molar-refractivity contribution in [3.63, 3.8) is 0 Å². The smallest absolute Gasteiger partial charge is 0.255 e. The summed E-state index contributed by atoms with van der Waals surface area (Å²) in [6.07, 6.45) is 1.75. The van der Waals surface area contributed by atoms with E-state index in [4.69, 9.17) is 15.6 Å². The number of aryl methyl sites for hydroxylation is 1. The first-order valence-electron chi connectivity index (χ1n) is 6.99. The van der Waals surface area contributed by atoms with Crippen LogP contribution in [0.3, 0.4) is 0 Å². The minimum atomic E-state index is -0.0110. The maximum atomic E-state index is 12.4. The molecule has 0 unspecified atom stereocenters. The standard InChI is InChI=1S/C15H22N2O3/c1-11-2-3-13(14(16)10-11)15(19)17-6-4-12(5-7-17)20-9-8-18/h2-3,10,12,18H,4-9,16H2,1H3. The van der Waals surface area contributed by atoms with Crippen LogP contribution in [0.25, 0.3) is 0 Å². The summed E-state index contributed by atoms with van der Waals surface area (Å²) in [6.45, 7) is 3.70. The summed E-state index contributed by atoms with van der Waals surface area (Å²) in [5.41, 5.74) is 8.08. The van der Waals surface area contributed by atoms with E-state index in [1.54, 1.807) is 6.07 Å². The van der Waals surface area contributed by atoms with E-state index < -0.39 is 0 Å². The first kappa shape index (κ1) is 14.8. The number of nitrogens with zero attached hydrogens (tertiary/aromatic N) is 1. The number of benzene rings is 1. The summed E-state index contributed by atoms with van der Waals surface area (Å²) in [4.78, 5) is 14.2. The highest BCUT2D eigenvalue weighted by Gasteiger charge is 2.24. The van der Waals surface area contributed by atoms with Gasteiger partial charge in [-0.05, 0) is 37.5 Å². The van der Waals surface area contributed by atoms with Crippen LogP contribution in [0, 0.1) is 6.92 Å². The van der Waals surface area contributed by atoms with Crippen molar-refractivity contribution in [3.8, 4) is 0 Å². The molecule has 0 saturated carbocycles. The molecule has 1 fully saturated rings. The lowest BCUT2D eigenvalue weighted by atomic mass is 10.0. The van der Waals surface area contributed by atoms with Crippen LogP contribution in [0.5, 0.6) is 0 Å². The second-order valence-electron chi connectivity index (χ2n) is 5.18. The molecule has 0 atom stereocenters. The molecule has 0 spiro atoms. The van der Waals surface area contributed by atoms with Crippen molar-refractivity contribution >= 4 is 11.6 Å². The van der Waals surface area contributed by atoms with Crippen molar-refractivity contribution in [3.05, 3.63) is 29.3 Å². The van der Waals surface area contributed by atoms with Crippen LogP contribution in [0.15, 0.2) is 18.2 Å². The summed E-state index contributed by atoms with van der Waals surface area (Å²) < 4.78 is 5.49. The molecule has 1 saturated heterocycles. The Bertz CT molecular complexity index is 468. The molecular weight excluding hydrogens is 256 g/mol. The lowest BCUT2D eigenvalue weighted by Crippen LogP contribution is -2.41. The van der Waals surface area contributed by atoms with Gasteiger partial charge in [0, 0.05) is 18.8 Å². The summed E-state index contributed by atoms with van der Waals surface area (Å²) in [5, 5.41) is 8.74. The van der Waals surface area contributed by atoms with Crippen LogP contribution in [-0.2, 0) is 4.74 Å². The van der Waals surface area contributed by atoms with Gasteiger partial charge in [-0.3, -0.25) is 4.79 Å². The Morgan fingerprint density at radius 3 is 2.75 bits per heavy atom. The molecule has 3 N–H and O–H groups in total. The van der Waals surface area contributed by atoms with Crippen LogP contribution in [0.1, 0.15) is 28.8 Å². The van der Waals surface area contributed by atoms with Crippen LogP contribution >= 0.6 is 0 Å². The molecule has 1 amide bonds. The van der Waals surface area contributed by atoms with Crippen molar-refractivity contribution in [2.75, 3.05) is 32.0 Å². The minimum Gasteiger partial charge on any atom is -0.398 e.